The summed E-state index contributed by atoms with van der Waals surface area (Å²) in [6.45, 7) is 3.08. The van der Waals surface area contributed by atoms with E-state index in [0.717, 1.165) is 13.3 Å². The molecule has 0 saturated heterocycles. The maximum atomic E-state index is 12.6. The lowest BCUT2D eigenvalue weighted by molar-refractivity contribution is -0.0379. The molecule has 0 bridgehead atoms. The average Bonchev–Trinajstić information content (AvgIpc) is 2.11. The van der Waals surface area contributed by atoms with Crippen LogP contribution in [0, 0.1) is 11.8 Å². The molecule has 0 aromatic rings. The van der Waals surface area contributed by atoms with Crippen LogP contribution in [0.1, 0.15) is 33.1 Å². The van der Waals surface area contributed by atoms with Crippen molar-refractivity contribution in [3.05, 3.63) is 0 Å². The van der Waals surface area contributed by atoms with Gasteiger partial charge in [-0.2, -0.15) is 0 Å². The van der Waals surface area contributed by atoms with Crippen LogP contribution in [0.5, 0.6) is 0 Å². The number of alkyl halides is 2. The van der Waals surface area contributed by atoms with Crippen molar-refractivity contribution >= 4 is 0 Å². The van der Waals surface area contributed by atoms with E-state index in [1.807, 2.05) is 6.92 Å². The molecule has 0 aromatic carbocycles. The normalized spacial score (nSPS) is 34.8. The highest BCUT2D eigenvalue weighted by Crippen LogP contribution is 2.40. The van der Waals surface area contributed by atoms with Crippen LogP contribution in [0.15, 0.2) is 0 Å². The molecule has 2 atom stereocenters. The summed E-state index contributed by atoms with van der Waals surface area (Å²) in [5.74, 6) is -2.27. The lowest BCUT2D eigenvalue weighted by atomic mass is 10.0. The van der Waals surface area contributed by atoms with Crippen LogP contribution in [0.25, 0.3) is 0 Å². The zero-order valence-electron chi connectivity index (χ0n) is 6.53. The van der Waals surface area contributed by atoms with Gasteiger partial charge in [0.1, 0.15) is 0 Å². The van der Waals surface area contributed by atoms with Crippen molar-refractivity contribution in [3.8, 4) is 0 Å². The second-order valence-corrected chi connectivity index (χ2v) is 3.57. The highest BCUT2D eigenvalue weighted by molar-refractivity contribution is 4.80. The maximum Gasteiger partial charge on any atom is 0.248 e. The van der Waals surface area contributed by atoms with Gasteiger partial charge in [0.05, 0.1) is 0 Å². The van der Waals surface area contributed by atoms with Gasteiger partial charge < -0.3 is 0 Å². The Morgan fingerprint density at radius 2 is 1.90 bits per heavy atom. The molecule has 0 heterocycles. The van der Waals surface area contributed by atoms with Gasteiger partial charge in [0, 0.05) is 5.92 Å². The fraction of sp³-hybridized carbons (Fsp3) is 1.00. The molecule has 0 unspecified atom stereocenters. The van der Waals surface area contributed by atoms with Gasteiger partial charge in [-0.1, -0.05) is 13.3 Å². The van der Waals surface area contributed by atoms with Crippen molar-refractivity contribution in [1.82, 2.24) is 0 Å². The standard InChI is InChI=1S/C8H14F2/c1-6-3-4-7(5-6)8(2,9)10/h6-7H,3-5H2,1-2H3/t6-,7+/m0/s1. The quantitative estimate of drug-likeness (QED) is 0.536. The van der Waals surface area contributed by atoms with E-state index in [1.54, 1.807) is 0 Å². The van der Waals surface area contributed by atoms with Gasteiger partial charge in [-0.05, 0) is 25.7 Å². The highest BCUT2D eigenvalue weighted by atomic mass is 19.3. The van der Waals surface area contributed by atoms with Crippen molar-refractivity contribution in [2.45, 2.75) is 39.0 Å². The Hall–Kier alpha value is -0.140. The summed E-state index contributed by atoms with van der Waals surface area (Å²) in [6.07, 6.45) is 2.41. The van der Waals surface area contributed by atoms with E-state index >= 15 is 0 Å². The summed E-state index contributed by atoms with van der Waals surface area (Å²) in [5, 5.41) is 0. The summed E-state index contributed by atoms with van der Waals surface area (Å²) in [6, 6.07) is 0. The van der Waals surface area contributed by atoms with Crippen LogP contribution in [0.2, 0.25) is 0 Å². The Kier molecular flexibility index (Phi) is 1.97. The van der Waals surface area contributed by atoms with Crippen LogP contribution in [-0.4, -0.2) is 5.92 Å². The lowest BCUT2D eigenvalue weighted by Crippen LogP contribution is -2.21. The number of halogens is 2. The highest BCUT2D eigenvalue weighted by Gasteiger charge is 2.38. The zero-order chi connectivity index (χ0) is 7.78. The third-order valence-electron chi connectivity index (χ3n) is 2.41. The van der Waals surface area contributed by atoms with E-state index in [1.165, 1.54) is 0 Å². The molecule has 2 heteroatoms. The molecule has 1 rings (SSSR count). The third-order valence-corrected chi connectivity index (χ3v) is 2.41. The van der Waals surface area contributed by atoms with Crippen molar-refractivity contribution in [1.29, 1.82) is 0 Å². The van der Waals surface area contributed by atoms with Crippen molar-refractivity contribution < 1.29 is 8.78 Å². The predicted octanol–water partition coefficient (Wildman–Crippen LogP) is 3.08. The largest absolute Gasteiger partial charge is 0.248 e. The molecule has 1 aliphatic carbocycles. The van der Waals surface area contributed by atoms with Gasteiger partial charge in [0.2, 0.25) is 5.92 Å². The Morgan fingerprint density at radius 1 is 1.30 bits per heavy atom. The number of hydrogen-bond donors (Lipinski definition) is 0. The van der Waals surface area contributed by atoms with Gasteiger partial charge in [-0.3, -0.25) is 0 Å². The minimum absolute atomic E-state index is 0.345. The van der Waals surface area contributed by atoms with Gasteiger partial charge >= 0.3 is 0 Å². The molecule has 60 valence electrons. The van der Waals surface area contributed by atoms with E-state index in [0.29, 0.717) is 18.8 Å². The van der Waals surface area contributed by atoms with Crippen LogP contribution < -0.4 is 0 Å². The first kappa shape index (κ1) is 7.96. The van der Waals surface area contributed by atoms with E-state index in [-0.39, 0.29) is 5.92 Å². The first-order valence-corrected chi connectivity index (χ1v) is 3.88. The summed E-state index contributed by atoms with van der Waals surface area (Å²) >= 11 is 0. The second-order valence-electron chi connectivity index (χ2n) is 3.57. The average molecular weight is 148 g/mol. The first-order valence-electron chi connectivity index (χ1n) is 3.88. The van der Waals surface area contributed by atoms with E-state index in [2.05, 4.69) is 0 Å². The molecular weight excluding hydrogens is 134 g/mol. The first-order chi connectivity index (χ1) is 4.50. The molecule has 1 saturated carbocycles. The molecule has 0 amide bonds. The van der Waals surface area contributed by atoms with Crippen molar-refractivity contribution in [3.63, 3.8) is 0 Å². The fourth-order valence-electron chi connectivity index (χ4n) is 1.67. The van der Waals surface area contributed by atoms with Gasteiger partial charge in [-0.15, -0.1) is 0 Å². The topological polar surface area (TPSA) is 0 Å². The van der Waals surface area contributed by atoms with Gasteiger partial charge in [-0.25, -0.2) is 8.78 Å². The molecule has 0 aliphatic heterocycles. The fourth-order valence-corrected chi connectivity index (χ4v) is 1.67. The smallest absolute Gasteiger partial charge is 0.207 e. The van der Waals surface area contributed by atoms with Crippen LogP contribution in [0.4, 0.5) is 8.78 Å². The van der Waals surface area contributed by atoms with Crippen LogP contribution in [0.3, 0.4) is 0 Å². The molecule has 0 nitrogen and oxygen atoms in total. The molecule has 0 radical (unpaired) electrons. The molecule has 1 aliphatic rings. The van der Waals surface area contributed by atoms with E-state index in [4.69, 9.17) is 0 Å². The number of hydrogen-bond acceptors (Lipinski definition) is 0. The monoisotopic (exact) mass is 148 g/mol. The van der Waals surface area contributed by atoms with Crippen molar-refractivity contribution in [2.24, 2.45) is 11.8 Å². The molecule has 0 aromatic heterocycles. The molecule has 0 spiro atoms. The third kappa shape index (κ3) is 1.68. The van der Waals surface area contributed by atoms with Gasteiger partial charge in [0.15, 0.2) is 0 Å². The summed E-state index contributed by atoms with van der Waals surface area (Å²) in [7, 11) is 0. The Labute approximate surface area is 60.6 Å². The Bertz CT molecular complexity index is 115. The Balaban J connectivity index is 2.45. The van der Waals surface area contributed by atoms with Crippen LogP contribution in [-0.2, 0) is 0 Å². The Morgan fingerprint density at radius 3 is 2.10 bits per heavy atom. The minimum Gasteiger partial charge on any atom is -0.207 e. The van der Waals surface area contributed by atoms with Crippen LogP contribution >= 0.6 is 0 Å². The zero-order valence-corrected chi connectivity index (χ0v) is 6.53. The summed E-state index contributed by atoms with van der Waals surface area (Å²) < 4.78 is 25.2. The SMILES string of the molecule is C[C@H]1CC[C@@H](C(C)(F)F)C1. The molecule has 0 N–H and O–H groups in total. The summed E-state index contributed by atoms with van der Waals surface area (Å²) in [4.78, 5) is 0. The molecule has 10 heavy (non-hydrogen) atoms. The van der Waals surface area contributed by atoms with E-state index < -0.39 is 5.92 Å². The molecular formula is C8H14F2. The lowest BCUT2D eigenvalue weighted by Gasteiger charge is -2.17. The second kappa shape index (κ2) is 2.48. The summed E-state index contributed by atoms with van der Waals surface area (Å²) in [5.41, 5.74) is 0. The molecule has 1 fully saturated rings. The number of rotatable bonds is 1. The predicted molar refractivity (Wildman–Crippen MR) is 37.1 cm³/mol. The van der Waals surface area contributed by atoms with Gasteiger partial charge in [0.25, 0.3) is 0 Å². The minimum atomic E-state index is -2.44. The van der Waals surface area contributed by atoms with Crippen molar-refractivity contribution in [2.75, 3.05) is 0 Å². The van der Waals surface area contributed by atoms with E-state index in [9.17, 15) is 8.78 Å². The maximum absolute atomic E-state index is 12.6.